The summed E-state index contributed by atoms with van der Waals surface area (Å²) in [5, 5.41) is 17.1. The molecule has 0 unspecified atom stereocenters. The summed E-state index contributed by atoms with van der Waals surface area (Å²) in [6.07, 6.45) is 1.48. The van der Waals surface area contributed by atoms with Crippen LogP contribution in [0.1, 0.15) is 63.7 Å². The fraction of sp³-hybridized carbons (Fsp3) is 0.240. The van der Waals surface area contributed by atoms with E-state index in [9.17, 15) is 19.5 Å². The standard InChI is InChI=1S/C50H46Cl2N4O7/c1-29-30(2)53-19-18-40(29)35-15-12-32(13-16-35)21-43(49(58)59)55-48(57)44-23-37-24-45-46(25-38(37)26-56(44)50(60)54-31(3)34-8-5-4-6-9-34)63-47(28-62-45)36-10-7-11-39(22-36)61-27-33-14-17-41(51)42(52)20-33/h4-20,22,24-25,31,43-44,47H,21,23,26-28H2,1-3H3,(H,54,60)(H,55,57)(H,58,59)/t31-,43+,44+,47-/m1/s1. The van der Waals surface area contributed by atoms with E-state index in [0.717, 1.165) is 55.8 Å². The minimum atomic E-state index is -1.25. The second-order valence-corrected chi connectivity index (χ2v) is 16.7. The molecule has 0 spiro atoms. The molecular weight excluding hydrogens is 839 g/mol. The Hall–Kier alpha value is -6.56. The first-order chi connectivity index (χ1) is 30.4. The first-order valence-electron chi connectivity index (χ1n) is 20.7. The Kier molecular flexibility index (Phi) is 12.9. The molecule has 13 heteroatoms. The highest BCUT2D eigenvalue weighted by Crippen LogP contribution is 2.41. The minimum absolute atomic E-state index is 0.0440. The molecule has 11 nitrogen and oxygen atoms in total. The van der Waals surface area contributed by atoms with Gasteiger partial charge in [0.25, 0.3) is 0 Å². The lowest BCUT2D eigenvalue weighted by Gasteiger charge is -2.38. The number of rotatable bonds is 12. The predicted molar refractivity (Wildman–Crippen MR) is 241 cm³/mol. The van der Waals surface area contributed by atoms with Crippen LogP contribution in [0.5, 0.6) is 17.2 Å². The highest BCUT2D eigenvalue weighted by atomic mass is 35.5. The van der Waals surface area contributed by atoms with Gasteiger partial charge < -0.3 is 34.9 Å². The number of nitrogens with one attached hydrogen (secondary N) is 2. The number of carboxylic acids is 1. The number of ether oxygens (including phenoxy) is 3. The summed E-state index contributed by atoms with van der Waals surface area (Å²) in [6, 6.07) is 32.6. The predicted octanol–water partition coefficient (Wildman–Crippen LogP) is 9.77. The molecule has 1 aromatic heterocycles. The molecule has 6 aromatic rings. The van der Waals surface area contributed by atoms with Crippen LogP contribution in [0.3, 0.4) is 0 Å². The molecule has 0 saturated heterocycles. The number of benzene rings is 5. The van der Waals surface area contributed by atoms with E-state index >= 15 is 0 Å². The van der Waals surface area contributed by atoms with Gasteiger partial charge in [0.05, 0.1) is 16.1 Å². The number of carbonyl (C=O) groups is 3. The van der Waals surface area contributed by atoms with E-state index in [-0.39, 0.29) is 32.0 Å². The molecule has 63 heavy (non-hydrogen) atoms. The van der Waals surface area contributed by atoms with Gasteiger partial charge in [-0.15, -0.1) is 0 Å². The molecule has 322 valence electrons. The van der Waals surface area contributed by atoms with Gasteiger partial charge in [0.1, 0.15) is 31.0 Å². The van der Waals surface area contributed by atoms with E-state index in [1.165, 1.54) is 4.90 Å². The number of hydrogen-bond donors (Lipinski definition) is 3. The van der Waals surface area contributed by atoms with Crippen LogP contribution in [0.2, 0.25) is 10.0 Å². The number of aromatic nitrogens is 1. The van der Waals surface area contributed by atoms with Gasteiger partial charge >= 0.3 is 12.0 Å². The highest BCUT2D eigenvalue weighted by Gasteiger charge is 2.38. The molecule has 0 saturated carbocycles. The topological polar surface area (TPSA) is 139 Å². The molecule has 2 aliphatic rings. The zero-order chi connectivity index (χ0) is 44.2. The summed E-state index contributed by atoms with van der Waals surface area (Å²) < 4.78 is 18.9. The normalized spacial score (nSPS) is 16.3. The molecule has 5 aromatic carbocycles. The van der Waals surface area contributed by atoms with Gasteiger partial charge in [0.15, 0.2) is 17.6 Å². The van der Waals surface area contributed by atoms with Crippen LogP contribution in [-0.2, 0) is 35.6 Å². The lowest BCUT2D eigenvalue weighted by Crippen LogP contribution is -2.57. The van der Waals surface area contributed by atoms with Crippen LogP contribution in [0.15, 0.2) is 121 Å². The summed E-state index contributed by atoms with van der Waals surface area (Å²) >= 11 is 12.3. The number of pyridine rings is 1. The Labute approximate surface area is 375 Å². The van der Waals surface area contributed by atoms with Crippen molar-refractivity contribution in [2.24, 2.45) is 0 Å². The summed E-state index contributed by atoms with van der Waals surface area (Å²) in [4.78, 5) is 47.0. The lowest BCUT2D eigenvalue weighted by atomic mass is 9.92. The van der Waals surface area contributed by atoms with Gasteiger partial charge in [-0.1, -0.05) is 96.0 Å². The molecule has 0 aliphatic carbocycles. The maximum atomic E-state index is 14.3. The van der Waals surface area contributed by atoms with E-state index in [4.69, 9.17) is 37.4 Å². The fourth-order valence-corrected chi connectivity index (χ4v) is 8.25. The van der Waals surface area contributed by atoms with Crippen molar-refractivity contribution in [3.8, 4) is 28.4 Å². The molecule has 3 N–H and O–H groups in total. The number of amides is 3. The van der Waals surface area contributed by atoms with Crippen molar-refractivity contribution >= 4 is 41.1 Å². The molecular formula is C50H46Cl2N4O7. The zero-order valence-electron chi connectivity index (χ0n) is 34.9. The number of nitrogens with zero attached hydrogens (tertiary/aromatic N) is 2. The second kappa shape index (κ2) is 18.8. The smallest absolute Gasteiger partial charge is 0.326 e. The van der Waals surface area contributed by atoms with Gasteiger partial charge in [-0.05, 0) is 113 Å². The summed E-state index contributed by atoms with van der Waals surface area (Å²) in [6.45, 7) is 6.43. The van der Waals surface area contributed by atoms with Gasteiger partial charge in [-0.2, -0.15) is 0 Å². The van der Waals surface area contributed by atoms with E-state index in [2.05, 4.69) is 15.6 Å². The first kappa shape index (κ1) is 43.1. The molecule has 0 radical (unpaired) electrons. The minimum Gasteiger partial charge on any atom is -0.489 e. The van der Waals surface area contributed by atoms with Crippen molar-refractivity contribution in [3.63, 3.8) is 0 Å². The lowest BCUT2D eigenvalue weighted by molar-refractivity contribution is -0.142. The molecule has 2 aliphatic heterocycles. The monoisotopic (exact) mass is 884 g/mol. The molecule has 0 bridgehead atoms. The molecule has 8 rings (SSSR count). The van der Waals surface area contributed by atoms with Gasteiger partial charge in [0, 0.05) is 31.3 Å². The molecule has 3 heterocycles. The third kappa shape index (κ3) is 9.90. The first-order valence-corrected chi connectivity index (χ1v) is 21.4. The van der Waals surface area contributed by atoms with E-state index in [1.807, 2.05) is 124 Å². The number of carbonyl (C=O) groups excluding carboxylic acids is 2. The third-order valence-corrected chi connectivity index (χ3v) is 12.4. The Bertz CT molecular complexity index is 2660. The maximum absolute atomic E-state index is 14.3. The Balaban J connectivity index is 1.00. The number of aliphatic carboxylic acids is 1. The number of urea groups is 1. The summed E-state index contributed by atoms with van der Waals surface area (Å²) in [5.74, 6) is -0.111. The molecule has 4 atom stereocenters. The van der Waals surface area contributed by atoms with Crippen LogP contribution in [0.25, 0.3) is 11.1 Å². The third-order valence-electron chi connectivity index (χ3n) is 11.7. The number of carboxylic acid groups (broad SMARTS) is 1. The number of hydrogen-bond acceptors (Lipinski definition) is 7. The Morgan fingerprint density at radius 2 is 1.62 bits per heavy atom. The molecule has 3 amide bonds. The highest BCUT2D eigenvalue weighted by molar-refractivity contribution is 6.42. The van der Waals surface area contributed by atoms with Crippen molar-refractivity contribution in [2.75, 3.05) is 6.61 Å². The van der Waals surface area contributed by atoms with Crippen LogP contribution in [0.4, 0.5) is 4.79 Å². The fourth-order valence-electron chi connectivity index (χ4n) is 7.93. The largest absolute Gasteiger partial charge is 0.489 e. The zero-order valence-corrected chi connectivity index (χ0v) is 36.5. The summed E-state index contributed by atoms with van der Waals surface area (Å²) in [5.41, 5.74) is 8.94. The van der Waals surface area contributed by atoms with Gasteiger partial charge in [-0.25, -0.2) is 9.59 Å². The Morgan fingerprint density at radius 3 is 2.38 bits per heavy atom. The van der Waals surface area contributed by atoms with E-state index in [1.54, 1.807) is 18.3 Å². The van der Waals surface area contributed by atoms with Crippen molar-refractivity contribution in [1.29, 1.82) is 0 Å². The van der Waals surface area contributed by atoms with Crippen LogP contribution in [-0.4, -0.2) is 51.6 Å². The van der Waals surface area contributed by atoms with Crippen molar-refractivity contribution in [2.45, 2.75) is 71.0 Å². The van der Waals surface area contributed by atoms with E-state index in [0.29, 0.717) is 33.9 Å². The quantitative estimate of drug-likeness (QED) is 0.110. The summed E-state index contributed by atoms with van der Waals surface area (Å²) in [7, 11) is 0. The van der Waals surface area contributed by atoms with Crippen molar-refractivity contribution in [1.82, 2.24) is 20.5 Å². The number of aryl methyl sites for hydroxylation is 1. The van der Waals surface area contributed by atoms with E-state index < -0.39 is 36.1 Å². The van der Waals surface area contributed by atoms with Crippen LogP contribution in [0, 0.1) is 13.8 Å². The second-order valence-electron chi connectivity index (χ2n) is 15.9. The van der Waals surface area contributed by atoms with Gasteiger partial charge in [0.2, 0.25) is 5.91 Å². The molecule has 0 fully saturated rings. The SMILES string of the molecule is Cc1nccc(-c2ccc(C[C@H](NC(=O)[C@@H]3Cc4cc5c(cc4CN3C(=O)N[C@H](C)c3ccccc3)O[C@@H](c3cccc(OCc4ccc(Cl)c(Cl)c4)c3)CO5)C(=O)O)cc2)c1C. The maximum Gasteiger partial charge on any atom is 0.326 e. The van der Waals surface area contributed by atoms with Crippen LogP contribution < -0.4 is 24.8 Å². The van der Waals surface area contributed by atoms with Gasteiger partial charge in [-0.3, -0.25) is 9.78 Å². The Morgan fingerprint density at radius 1 is 0.857 bits per heavy atom. The average molecular weight is 886 g/mol. The number of fused-ring (bicyclic) bond motifs is 2. The number of halogens is 2. The average Bonchev–Trinajstić information content (AvgIpc) is 3.29. The van der Waals surface area contributed by atoms with Crippen molar-refractivity contribution < 1.29 is 33.7 Å². The van der Waals surface area contributed by atoms with Crippen LogP contribution >= 0.6 is 23.2 Å². The van der Waals surface area contributed by atoms with Crippen molar-refractivity contribution in [3.05, 3.63) is 176 Å².